The lowest BCUT2D eigenvalue weighted by Gasteiger charge is -2.13. The van der Waals surface area contributed by atoms with Gasteiger partial charge in [0, 0.05) is 18.4 Å². The molecule has 20 heavy (non-hydrogen) atoms. The van der Waals surface area contributed by atoms with Crippen LogP contribution in [0.5, 0.6) is 0 Å². The first-order chi connectivity index (χ1) is 9.43. The normalized spacial score (nSPS) is 11.6. The summed E-state index contributed by atoms with van der Waals surface area (Å²) in [7, 11) is -3.70. The predicted molar refractivity (Wildman–Crippen MR) is 77.8 cm³/mol. The molecule has 0 atom stereocenters. The van der Waals surface area contributed by atoms with E-state index in [1.807, 2.05) is 17.6 Å². The lowest BCUT2D eigenvalue weighted by molar-refractivity contribution is 0.597. The molecule has 1 aromatic carbocycles. The monoisotopic (exact) mass is 294 g/mol. The lowest BCUT2D eigenvalue weighted by atomic mass is 10.2. The minimum absolute atomic E-state index is 0.145. The zero-order chi connectivity index (χ0) is 14.8. The van der Waals surface area contributed by atoms with Crippen molar-refractivity contribution in [1.82, 2.24) is 9.55 Å². The minimum atomic E-state index is -3.70. The number of primary sulfonamides is 1. The Morgan fingerprint density at radius 1 is 1.40 bits per heavy atom. The quantitative estimate of drug-likeness (QED) is 0.873. The van der Waals surface area contributed by atoms with Crippen molar-refractivity contribution >= 4 is 15.7 Å². The summed E-state index contributed by atoms with van der Waals surface area (Å²) in [5.74, 6) is 0. The number of hydrogen-bond acceptors (Lipinski definition) is 4. The van der Waals surface area contributed by atoms with E-state index in [0.29, 0.717) is 12.1 Å². The number of benzene rings is 1. The Bertz CT molecular complexity index is 707. The summed E-state index contributed by atoms with van der Waals surface area (Å²) in [4.78, 5) is 4.24. The van der Waals surface area contributed by atoms with Crippen LogP contribution in [0.1, 0.15) is 18.2 Å². The number of rotatable bonds is 5. The first-order valence-electron chi connectivity index (χ1n) is 6.28. The number of nitrogens with one attached hydrogen (secondary N) is 1. The van der Waals surface area contributed by atoms with Crippen molar-refractivity contribution in [1.29, 1.82) is 0 Å². The summed E-state index contributed by atoms with van der Waals surface area (Å²) in [5, 5.41) is 8.41. The Labute approximate surface area is 118 Å². The Balaban J connectivity index is 2.23. The van der Waals surface area contributed by atoms with E-state index in [-0.39, 0.29) is 4.90 Å². The van der Waals surface area contributed by atoms with E-state index >= 15 is 0 Å². The van der Waals surface area contributed by atoms with Crippen LogP contribution in [-0.4, -0.2) is 18.0 Å². The summed E-state index contributed by atoms with van der Waals surface area (Å²) >= 11 is 0. The number of imidazole rings is 1. The highest BCUT2D eigenvalue weighted by molar-refractivity contribution is 7.89. The Morgan fingerprint density at radius 2 is 2.15 bits per heavy atom. The molecule has 108 valence electrons. The number of aryl methyl sites for hydroxylation is 1. The third kappa shape index (κ3) is 3.00. The molecule has 1 heterocycles. The van der Waals surface area contributed by atoms with E-state index in [9.17, 15) is 8.42 Å². The third-order valence-corrected chi connectivity index (χ3v) is 4.25. The number of anilines is 1. The summed E-state index contributed by atoms with van der Waals surface area (Å²) in [5.41, 5.74) is 2.41. The zero-order valence-electron chi connectivity index (χ0n) is 11.5. The highest BCUT2D eigenvalue weighted by Crippen LogP contribution is 2.22. The van der Waals surface area contributed by atoms with Gasteiger partial charge in [0.2, 0.25) is 10.0 Å². The average molecular weight is 294 g/mol. The van der Waals surface area contributed by atoms with E-state index < -0.39 is 10.0 Å². The van der Waals surface area contributed by atoms with Gasteiger partial charge in [-0.1, -0.05) is 6.07 Å². The van der Waals surface area contributed by atoms with Gasteiger partial charge in [0.1, 0.15) is 0 Å². The van der Waals surface area contributed by atoms with Crippen molar-refractivity contribution in [3.63, 3.8) is 0 Å². The van der Waals surface area contributed by atoms with E-state index in [2.05, 4.69) is 10.3 Å². The largest absolute Gasteiger partial charge is 0.379 e. The number of aromatic nitrogens is 2. The Morgan fingerprint density at radius 3 is 2.80 bits per heavy atom. The molecule has 7 heteroatoms. The predicted octanol–water partition coefficient (Wildman–Crippen LogP) is 1.47. The topological polar surface area (TPSA) is 90.0 Å². The average Bonchev–Trinajstić information content (AvgIpc) is 2.83. The SMILES string of the molecule is CCn1cncc1CNc1cccc(S(N)(=O)=O)c1C. The van der Waals surface area contributed by atoms with E-state index in [0.717, 1.165) is 17.9 Å². The van der Waals surface area contributed by atoms with Gasteiger partial charge in [-0.2, -0.15) is 0 Å². The van der Waals surface area contributed by atoms with Gasteiger partial charge in [-0.15, -0.1) is 0 Å². The maximum Gasteiger partial charge on any atom is 0.238 e. The van der Waals surface area contributed by atoms with Crippen LogP contribution < -0.4 is 10.5 Å². The molecule has 0 spiro atoms. The Kier molecular flexibility index (Phi) is 4.10. The van der Waals surface area contributed by atoms with Crippen molar-refractivity contribution < 1.29 is 8.42 Å². The number of sulfonamides is 1. The summed E-state index contributed by atoms with van der Waals surface area (Å²) in [6.07, 6.45) is 3.56. The standard InChI is InChI=1S/C13H18N4O2S/c1-3-17-9-15-7-11(17)8-16-12-5-4-6-13(10(12)2)20(14,18)19/h4-7,9,16H,3,8H2,1-2H3,(H2,14,18,19). The van der Waals surface area contributed by atoms with Crippen molar-refractivity contribution in [2.24, 2.45) is 5.14 Å². The molecule has 0 bridgehead atoms. The smallest absolute Gasteiger partial charge is 0.238 e. The van der Waals surface area contributed by atoms with Gasteiger partial charge in [0.05, 0.1) is 23.5 Å². The van der Waals surface area contributed by atoms with Crippen LogP contribution >= 0.6 is 0 Å². The first kappa shape index (κ1) is 14.5. The van der Waals surface area contributed by atoms with Gasteiger partial charge in [-0.3, -0.25) is 0 Å². The summed E-state index contributed by atoms with van der Waals surface area (Å²) in [6, 6.07) is 5.01. The first-order valence-corrected chi connectivity index (χ1v) is 7.83. The fourth-order valence-corrected chi connectivity index (χ4v) is 2.89. The highest BCUT2D eigenvalue weighted by Gasteiger charge is 2.13. The van der Waals surface area contributed by atoms with Crippen molar-refractivity contribution in [2.75, 3.05) is 5.32 Å². The summed E-state index contributed by atoms with van der Waals surface area (Å²) in [6.45, 7) is 5.19. The van der Waals surface area contributed by atoms with Crippen LogP contribution in [0.15, 0.2) is 35.6 Å². The summed E-state index contributed by atoms with van der Waals surface area (Å²) < 4.78 is 25.0. The van der Waals surface area contributed by atoms with Crippen LogP contribution in [0, 0.1) is 6.92 Å². The number of nitrogens with two attached hydrogens (primary N) is 1. The second-order valence-electron chi connectivity index (χ2n) is 4.50. The molecule has 0 saturated heterocycles. The molecular weight excluding hydrogens is 276 g/mol. The fourth-order valence-electron chi connectivity index (χ4n) is 2.08. The van der Waals surface area contributed by atoms with Crippen LogP contribution in [0.2, 0.25) is 0 Å². The molecule has 6 nitrogen and oxygen atoms in total. The van der Waals surface area contributed by atoms with Crippen molar-refractivity contribution in [3.05, 3.63) is 42.0 Å². The molecule has 0 amide bonds. The van der Waals surface area contributed by atoms with E-state index in [4.69, 9.17) is 5.14 Å². The lowest BCUT2D eigenvalue weighted by Crippen LogP contribution is -2.15. The molecular formula is C13H18N4O2S. The molecule has 0 unspecified atom stereocenters. The minimum Gasteiger partial charge on any atom is -0.379 e. The highest BCUT2D eigenvalue weighted by atomic mass is 32.2. The molecule has 3 N–H and O–H groups in total. The van der Waals surface area contributed by atoms with Crippen molar-refractivity contribution in [3.8, 4) is 0 Å². The van der Waals surface area contributed by atoms with Gasteiger partial charge in [0.25, 0.3) is 0 Å². The van der Waals surface area contributed by atoms with Gasteiger partial charge in [-0.25, -0.2) is 18.5 Å². The second kappa shape index (κ2) is 5.64. The molecule has 0 aliphatic carbocycles. The van der Waals surface area contributed by atoms with Gasteiger partial charge in [0.15, 0.2) is 0 Å². The Hall–Kier alpha value is -1.86. The molecule has 0 fully saturated rings. The third-order valence-electron chi connectivity index (χ3n) is 3.19. The number of nitrogens with zero attached hydrogens (tertiary/aromatic N) is 2. The zero-order valence-corrected chi connectivity index (χ0v) is 12.3. The molecule has 2 aromatic rings. The van der Waals surface area contributed by atoms with Gasteiger partial charge < -0.3 is 9.88 Å². The van der Waals surface area contributed by atoms with Crippen LogP contribution in [0.4, 0.5) is 5.69 Å². The van der Waals surface area contributed by atoms with Gasteiger partial charge >= 0.3 is 0 Å². The molecule has 0 aliphatic heterocycles. The van der Waals surface area contributed by atoms with E-state index in [1.165, 1.54) is 6.07 Å². The van der Waals surface area contributed by atoms with E-state index in [1.54, 1.807) is 25.5 Å². The van der Waals surface area contributed by atoms with Crippen LogP contribution in [-0.2, 0) is 23.1 Å². The second-order valence-corrected chi connectivity index (χ2v) is 6.03. The fraction of sp³-hybridized carbons (Fsp3) is 0.308. The van der Waals surface area contributed by atoms with Crippen LogP contribution in [0.25, 0.3) is 0 Å². The molecule has 2 rings (SSSR count). The molecule has 0 saturated carbocycles. The molecule has 1 aromatic heterocycles. The van der Waals surface area contributed by atoms with Gasteiger partial charge in [-0.05, 0) is 31.5 Å². The van der Waals surface area contributed by atoms with Crippen LogP contribution in [0.3, 0.4) is 0 Å². The molecule has 0 aliphatic rings. The van der Waals surface area contributed by atoms with Crippen molar-refractivity contribution in [2.45, 2.75) is 31.8 Å². The number of hydrogen-bond donors (Lipinski definition) is 2. The maximum absolute atomic E-state index is 11.5. The maximum atomic E-state index is 11.5. The molecule has 0 radical (unpaired) electrons.